The van der Waals surface area contributed by atoms with Crippen molar-refractivity contribution >= 4 is 29.7 Å². The first-order valence-corrected chi connectivity index (χ1v) is 20.9. The lowest BCUT2D eigenvalue weighted by Crippen LogP contribution is -2.58. The Morgan fingerprint density at radius 1 is 0.656 bits per heavy atom. The Morgan fingerprint density at radius 3 is 1.62 bits per heavy atom. The van der Waals surface area contributed by atoms with E-state index in [1.807, 2.05) is 126 Å². The van der Waals surface area contributed by atoms with Crippen molar-refractivity contribution in [3.63, 3.8) is 0 Å². The predicted molar refractivity (Wildman–Crippen MR) is 234 cm³/mol. The van der Waals surface area contributed by atoms with E-state index in [4.69, 9.17) is 15.3 Å². The molecule has 0 aliphatic heterocycles. The van der Waals surface area contributed by atoms with Gasteiger partial charge in [-0.05, 0) is 94.7 Å². The van der Waals surface area contributed by atoms with Crippen molar-refractivity contribution in [3.05, 3.63) is 138 Å². The minimum atomic E-state index is -1.46. The molecule has 13 heteroatoms. The van der Waals surface area contributed by atoms with E-state index < -0.39 is 71.0 Å². The van der Waals surface area contributed by atoms with Crippen molar-refractivity contribution < 1.29 is 33.4 Å². The SMILES string of the molecule is C[C@H](NC(=O)OC(C)(C)C1CCCC1)C(=O)N[C@@H](Cc1ccc(OC(C)(C)C)cc1)C(=O)NC(CC(=O)NC(c1ccccc1)(c1ccccc1)c1ccccc1)C(=O)NN. The molecule has 4 aromatic rings. The minimum absolute atomic E-state index is 0.0124. The number of alkyl carbamates (subject to hydrolysis) is 1. The third kappa shape index (κ3) is 12.4. The first-order chi connectivity index (χ1) is 29.0. The molecule has 1 fully saturated rings. The maximum Gasteiger partial charge on any atom is 0.408 e. The Hall–Kier alpha value is -6.21. The van der Waals surface area contributed by atoms with Gasteiger partial charge in [-0.3, -0.25) is 24.6 Å². The van der Waals surface area contributed by atoms with Gasteiger partial charge in [0, 0.05) is 6.42 Å². The molecule has 1 aliphatic rings. The van der Waals surface area contributed by atoms with Crippen LogP contribution in [-0.2, 0) is 35.9 Å². The average molecular weight is 833 g/mol. The van der Waals surface area contributed by atoms with Crippen LogP contribution in [0.1, 0.15) is 95.9 Å². The van der Waals surface area contributed by atoms with Crippen LogP contribution in [0.5, 0.6) is 5.75 Å². The van der Waals surface area contributed by atoms with Crippen molar-refractivity contribution in [2.75, 3.05) is 0 Å². The van der Waals surface area contributed by atoms with Crippen molar-refractivity contribution in [1.82, 2.24) is 26.7 Å². The summed E-state index contributed by atoms with van der Waals surface area (Å²) in [5, 5.41) is 11.2. The normalized spacial score (nSPS) is 14.7. The summed E-state index contributed by atoms with van der Waals surface area (Å²) < 4.78 is 11.7. The molecule has 4 aromatic carbocycles. The third-order valence-corrected chi connectivity index (χ3v) is 11.0. The highest BCUT2D eigenvalue weighted by atomic mass is 16.6. The van der Waals surface area contributed by atoms with Crippen LogP contribution in [0.15, 0.2) is 115 Å². The molecule has 0 saturated heterocycles. The van der Waals surface area contributed by atoms with E-state index in [-0.39, 0.29) is 12.3 Å². The molecule has 3 atom stereocenters. The minimum Gasteiger partial charge on any atom is -0.488 e. The van der Waals surface area contributed by atoms with Crippen molar-refractivity contribution in [2.45, 2.75) is 115 Å². The lowest BCUT2D eigenvalue weighted by atomic mass is 9.77. The molecular weight excluding hydrogens is 773 g/mol. The highest BCUT2D eigenvalue weighted by Crippen LogP contribution is 2.38. The first-order valence-electron chi connectivity index (χ1n) is 20.9. The fourth-order valence-electron chi connectivity index (χ4n) is 7.81. The molecule has 61 heavy (non-hydrogen) atoms. The van der Waals surface area contributed by atoms with Gasteiger partial charge >= 0.3 is 6.09 Å². The number of rotatable bonds is 17. The van der Waals surface area contributed by atoms with E-state index in [0.717, 1.165) is 42.4 Å². The fraction of sp³-hybridized carbons (Fsp3) is 0.396. The molecule has 13 nitrogen and oxygen atoms in total. The molecular formula is C48H60N6O7. The van der Waals surface area contributed by atoms with E-state index in [0.29, 0.717) is 11.3 Å². The van der Waals surface area contributed by atoms with Gasteiger partial charge in [0.05, 0.1) is 6.42 Å². The van der Waals surface area contributed by atoms with Gasteiger partial charge in [0.15, 0.2) is 0 Å². The number of amides is 5. The standard InChI is InChI=1S/C48H60N6O7/c1-32(50-45(59)61-47(5,6)34-18-16-17-19-34)42(56)51-39(30-33-26-28-38(29-27-33)60-46(2,3)4)43(57)52-40(44(58)54-49)31-41(55)53-48(35-20-10-7-11-21-35,36-22-12-8-13-23-36)37-24-14-9-15-25-37/h7-15,20-29,32,34,39-40H,16-19,30-31,49H2,1-6H3,(H,50,59)(H,51,56)(H,52,57)(H,53,55)(H,54,58)/t32-,39-,40?/m0/s1. The Kier molecular flexibility index (Phi) is 15.3. The van der Waals surface area contributed by atoms with E-state index >= 15 is 0 Å². The first kappa shape index (κ1) is 45.9. The summed E-state index contributed by atoms with van der Waals surface area (Å²) in [6.45, 7) is 11.0. The van der Waals surface area contributed by atoms with Gasteiger partial charge in [0.25, 0.3) is 5.91 Å². The molecule has 0 spiro atoms. The zero-order valence-electron chi connectivity index (χ0n) is 36.0. The third-order valence-electron chi connectivity index (χ3n) is 11.0. The smallest absolute Gasteiger partial charge is 0.408 e. The number of hydrogen-bond acceptors (Lipinski definition) is 8. The van der Waals surface area contributed by atoms with Crippen LogP contribution in [-0.4, -0.2) is 59.0 Å². The van der Waals surface area contributed by atoms with Gasteiger partial charge in [0.1, 0.15) is 40.6 Å². The van der Waals surface area contributed by atoms with E-state index in [9.17, 15) is 24.0 Å². The molecule has 0 heterocycles. The second kappa shape index (κ2) is 20.4. The number of nitrogens with two attached hydrogens (primary N) is 1. The Morgan fingerprint density at radius 2 is 1.15 bits per heavy atom. The Balaban J connectivity index is 1.39. The summed E-state index contributed by atoms with van der Waals surface area (Å²) >= 11 is 0. The lowest BCUT2D eigenvalue weighted by molar-refractivity contribution is -0.134. The Labute approximate surface area is 358 Å². The van der Waals surface area contributed by atoms with Gasteiger partial charge in [-0.25, -0.2) is 10.6 Å². The highest BCUT2D eigenvalue weighted by Gasteiger charge is 2.40. The average Bonchev–Trinajstić information content (AvgIpc) is 3.80. The highest BCUT2D eigenvalue weighted by molar-refractivity contribution is 5.96. The molecule has 0 radical (unpaired) electrons. The molecule has 1 unspecified atom stereocenters. The van der Waals surface area contributed by atoms with Crippen LogP contribution in [0.3, 0.4) is 0 Å². The van der Waals surface area contributed by atoms with Crippen LogP contribution < -0.4 is 37.3 Å². The molecule has 324 valence electrons. The quantitative estimate of drug-likeness (QED) is 0.0326. The molecule has 5 rings (SSSR count). The largest absolute Gasteiger partial charge is 0.488 e. The van der Waals surface area contributed by atoms with Crippen LogP contribution in [0.2, 0.25) is 0 Å². The summed E-state index contributed by atoms with van der Waals surface area (Å²) in [5.41, 5.74) is 2.67. The van der Waals surface area contributed by atoms with Crippen LogP contribution >= 0.6 is 0 Å². The van der Waals surface area contributed by atoms with Crippen molar-refractivity contribution in [1.29, 1.82) is 0 Å². The van der Waals surface area contributed by atoms with E-state index in [1.54, 1.807) is 24.3 Å². The molecule has 0 aromatic heterocycles. The molecule has 5 amide bonds. The number of carbonyl (C=O) groups is 5. The predicted octanol–water partition coefficient (Wildman–Crippen LogP) is 5.95. The maximum absolute atomic E-state index is 14.3. The summed E-state index contributed by atoms with van der Waals surface area (Å²) in [4.78, 5) is 68.6. The maximum atomic E-state index is 14.3. The number of carbonyl (C=O) groups excluding carboxylic acids is 5. The monoisotopic (exact) mass is 832 g/mol. The molecule has 1 saturated carbocycles. The van der Waals surface area contributed by atoms with E-state index in [1.165, 1.54) is 6.92 Å². The van der Waals surface area contributed by atoms with Crippen LogP contribution in [0.25, 0.3) is 0 Å². The second-order valence-corrected chi connectivity index (χ2v) is 17.1. The Bertz CT molecular complexity index is 1990. The summed E-state index contributed by atoms with van der Waals surface area (Å²) in [6.07, 6.45) is 2.78. The zero-order chi connectivity index (χ0) is 44.2. The van der Waals surface area contributed by atoms with Gasteiger partial charge in [-0.2, -0.15) is 0 Å². The number of hydrogen-bond donors (Lipinski definition) is 6. The molecule has 7 N–H and O–H groups in total. The van der Waals surface area contributed by atoms with Gasteiger partial charge in [-0.15, -0.1) is 0 Å². The zero-order valence-corrected chi connectivity index (χ0v) is 36.0. The number of nitrogens with one attached hydrogen (secondary N) is 5. The summed E-state index contributed by atoms with van der Waals surface area (Å²) in [6, 6.07) is 31.6. The fourth-order valence-corrected chi connectivity index (χ4v) is 7.81. The van der Waals surface area contributed by atoms with Gasteiger partial charge < -0.3 is 30.7 Å². The second-order valence-electron chi connectivity index (χ2n) is 17.1. The molecule has 0 bridgehead atoms. The topological polar surface area (TPSA) is 190 Å². The van der Waals surface area contributed by atoms with Crippen LogP contribution in [0, 0.1) is 5.92 Å². The summed E-state index contributed by atoms with van der Waals surface area (Å²) in [7, 11) is 0. The van der Waals surface area contributed by atoms with Gasteiger partial charge in [0.2, 0.25) is 17.7 Å². The number of hydrazine groups is 1. The van der Waals surface area contributed by atoms with Crippen LogP contribution in [0.4, 0.5) is 4.79 Å². The number of benzene rings is 4. The molecule has 1 aliphatic carbocycles. The van der Waals surface area contributed by atoms with Crippen molar-refractivity contribution in [2.24, 2.45) is 11.8 Å². The van der Waals surface area contributed by atoms with Gasteiger partial charge in [-0.1, -0.05) is 116 Å². The summed E-state index contributed by atoms with van der Waals surface area (Å²) in [5.74, 6) is 3.61. The number of ether oxygens (including phenoxy) is 2. The lowest BCUT2D eigenvalue weighted by Gasteiger charge is -2.37. The van der Waals surface area contributed by atoms with E-state index in [2.05, 4.69) is 26.7 Å². The van der Waals surface area contributed by atoms with Crippen molar-refractivity contribution in [3.8, 4) is 5.75 Å².